The zero-order valence-corrected chi connectivity index (χ0v) is 17.3. The molecular weight excluding hydrogens is 357 g/mol. The largest absolute Gasteiger partial charge is 0.345 e. The molecule has 0 aromatic heterocycles. The number of carbonyl (C=O) groups excluding carboxylic acids is 1. The molecule has 0 aliphatic carbocycles. The molecule has 1 atom stereocenters. The van der Waals surface area contributed by atoms with Crippen molar-refractivity contribution in [3.05, 3.63) is 54.6 Å². The zero-order chi connectivity index (χ0) is 20.6. The number of amides is 1. The van der Waals surface area contributed by atoms with E-state index in [1.165, 1.54) is 32.3 Å². The van der Waals surface area contributed by atoms with Crippen LogP contribution >= 0.6 is 0 Å². The van der Waals surface area contributed by atoms with Crippen LogP contribution in [0.1, 0.15) is 33.6 Å². The van der Waals surface area contributed by atoms with Gasteiger partial charge >= 0.3 is 0 Å². The number of hydrogen-bond donors (Lipinski definition) is 3. The number of benzene rings is 4. The highest BCUT2D eigenvalue weighted by Gasteiger charge is 2.33. The second-order valence-corrected chi connectivity index (χ2v) is 8.50. The summed E-state index contributed by atoms with van der Waals surface area (Å²) in [5.41, 5.74) is 3.17. The first-order chi connectivity index (χ1) is 14.0. The molecule has 4 N–H and O–H groups in total. The molecule has 147 valence electrons. The summed E-state index contributed by atoms with van der Waals surface area (Å²) in [6, 6.07) is 19.0. The summed E-state index contributed by atoms with van der Waals surface area (Å²) in [6.45, 7) is 6.33. The normalized spacial score (nSPS) is 13.2. The SMILES string of the molecule is CCCC(C)(C)C(N[B]c1ccc2ccc3cccc4ccc1c2c34)C(=O)NN. The first-order valence-corrected chi connectivity index (χ1v) is 10.2. The van der Waals surface area contributed by atoms with Crippen LogP contribution in [0.25, 0.3) is 32.3 Å². The lowest BCUT2D eigenvalue weighted by Crippen LogP contribution is -2.56. The van der Waals surface area contributed by atoms with Gasteiger partial charge < -0.3 is 5.23 Å². The number of carbonyl (C=O) groups is 1. The Kier molecular flexibility index (Phi) is 5.20. The van der Waals surface area contributed by atoms with Crippen LogP contribution in [0.4, 0.5) is 0 Å². The van der Waals surface area contributed by atoms with Gasteiger partial charge in [-0.3, -0.25) is 10.2 Å². The third kappa shape index (κ3) is 3.45. The average molecular weight is 384 g/mol. The molecular formula is C24H27BN3O. The summed E-state index contributed by atoms with van der Waals surface area (Å²) in [7, 11) is 1.96. The fourth-order valence-corrected chi connectivity index (χ4v) is 4.59. The van der Waals surface area contributed by atoms with Gasteiger partial charge in [0.05, 0.1) is 6.04 Å². The molecule has 4 nitrogen and oxygen atoms in total. The molecule has 0 aliphatic heterocycles. The Morgan fingerprint density at radius 1 is 1.00 bits per heavy atom. The van der Waals surface area contributed by atoms with Crippen LogP contribution in [0.3, 0.4) is 0 Å². The van der Waals surface area contributed by atoms with Crippen LogP contribution in [0, 0.1) is 5.41 Å². The third-order valence-corrected chi connectivity index (χ3v) is 6.05. The van der Waals surface area contributed by atoms with E-state index in [1.807, 2.05) is 7.41 Å². The van der Waals surface area contributed by atoms with E-state index in [4.69, 9.17) is 5.84 Å². The van der Waals surface area contributed by atoms with E-state index in [2.05, 4.69) is 86.0 Å². The Bertz CT molecular complexity index is 1160. The van der Waals surface area contributed by atoms with Crippen LogP contribution in [0.2, 0.25) is 0 Å². The van der Waals surface area contributed by atoms with Crippen LogP contribution in [0.15, 0.2) is 54.6 Å². The summed E-state index contributed by atoms with van der Waals surface area (Å²) >= 11 is 0. The van der Waals surface area contributed by atoms with Crippen molar-refractivity contribution in [1.82, 2.24) is 10.7 Å². The maximum Gasteiger partial charge on any atom is 0.250 e. The van der Waals surface area contributed by atoms with Crippen LogP contribution in [-0.2, 0) is 4.79 Å². The van der Waals surface area contributed by atoms with Crippen molar-refractivity contribution >= 4 is 51.1 Å². The van der Waals surface area contributed by atoms with Gasteiger partial charge in [-0.25, -0.2) is 5.84 Å². The van der Waals surface area contributed by atoms with E-state index in [0.29, 0.717) is 0 Å². The minimum atomic E-state index is -0.411. The van der Waals surface area contributed by atoms with E-state index in [9.17, 15) is 4.79 Å². The molecule has 4 aromatic rings. The Hall–Kier alpha value is -2.63. The van der Waals surface area contributed by atoms with Gasteiger partial charge in [-0.05, 0) is 44.2 Å². The molecule has 4 aromatic carbocycles. The molecule has 0 bridgehead atoms. The average Bonchev–Trinajstić information content (AvgIpc) is 2.72. The first kappa shape index (κ1) is 19.7. The second kappa shape index (κ2) is 7.66. The lowest BCUT2D eigenvalue weighted by Gasteiger charge is -2.33. The van der Waals surface area contributed by atoms with Crippen LogP contribution < -0.4 is 22.0 Å². The van der Waals surface area contributed by atoms with E-state index >= 15 is 0 Å². The molecule has 0 spiro atoms. The van der Waals surface area contributed by atoms with Crippen molar-refractivity contribution in [1.29, 1.82) is 0 Å². The Balaban J connectivity index is 1.75. The molecule has 1 unspecified atom stereocenters. The lowest BCUT2D eigenvalue weighted by molar-refractivity contribution is -0.125. The van der Waals surface area contributed by atoms with Crippen LogP contribution in [-0.4, -0.2) is 19.4 Å². The zero-order valence-electron chi connectivity index (χ0n) is 17.3. The van der Waals surface area contributed by atoms with Crippen molar-refractivity contribution in [2.45, 2.75) is 39.7 Å². The number of hydrogen-bond acceptors (Lipinski definition) is 3. The number of hydrazine groups is 1. The Morgan fingerprint density at radius 3 is 2.28 bits per heavy atom. The van der Waals surface area contributed by atoms with Crippen molar-refractivity contribution in [2.24, 2.45) is 11.3 Å². The van der Waals surface area contributed by atoms with Crippen molar-refractivity contribution < 1.29 is 4.79 Å². The highest BCUT2D eigenvalue weighted by atomic mass is 16.2. The fourth-order valence-electron chi connectivity index (χ4n) is 4.59. The maximum absolute atomic E-state index is 12.5. The second-order valence-electron chi connectivity index (χ2n) is 8.50. The first-order valence-electron chi connectivity index (χ1n) is 10.2. The topological polar surface area (TPSA) is 67.2 Å². The quantitative estimate of drug-likeness (QED) is 0.150. The van der Waals surface area contributed by atoms with Gasteiger partial charge in [0.2, 0.25) is 7.41 Å². The third-order valence-electron chi connectivity index (χ3n) is 6.05. The molecule has 0 aliphatic rings. The van der Waals surface area contributed by atoms with Gasteiger partial charge in [-0.2, -0.15) is 0 Å². The monoisotopic (exact) mass is 384 g/mol. The smallest absolute Gasteiger partial charge is 0.250 e. The van der Waals surface area contributed by atoms with Gasteiger partial charge in [0, 0.05) is 0 Å². The van der Waals surface area contributed by atoms with E-state index < -0.39 is 6.04 Å². The van der Waals surface area contributed by atoms with Gasteiger partial charge in [0.25, 0.3) is 5.91 Å². The van der Waals surface area contributed by atoms with Gasteiger partial charge in [-0.15, -0.1) is 0 Å². The lowest BCUT2D eigenvalue weighted by atomic mass is 9.72. The minimum absolute atomic E-state index is 0.197. The van der Waals surface area contributed by atoms with Crippen molar-refractivity contribution in [3.63, 3.8) is 0 Å². The number of rotatable bonds is 7. The summed E-state index contributed by atoms with van der Waals surface area (Å²) in [4.78, 5) is 12.5. The van der Waals surface area contributed by atoms with E-state index in [1.54, 1.807) is 0 Å². The Morgan fingerprint density at radius 2 is 1.62 bits per heavy atom. The molecule has 0 fully saturated rings. The molecule has 1 amide bonds. The Labute approximate surface area is 172 Å². The van der Waals surface area contributed by atoms with Crippen molar-refractivity contribution in [2.75, 3.05) is 0 Å². The fraction of sp³-hybridized carbons (Fsp3) is 0.292. The maximum atomic E-state index is 12.5. The molecule has 1 radical (unpaired) electrons. The summed E-state index contributed by atoms with van der Waals surface area (Å²) in [5.74, 6) is 5.27. The number of nitrogens with one attached hydrogen (secondary N) is 2. The predicted octanol–water partition coefficient (Wildman–Crippen LogP) is 3.60. The molecule has 0 saturated carbocycles. The summed E-state index contributed by atoms with van der Waals surface area (Å²) in [5, 5.41) is 10.8. The van der Waals surface area contributed by atoms with Crippen molar-refractivity contribution in [3.8, 4) is 0 Å². The highest BCUT2D eigenvalue weighted by Crippen LogP contribution is 2.33. The number of nitrogens with two attached hydrogens (primary N) is 1. The van der Waals surface area contributed by atoms with E-state index in [-0.39, 0.29) is 11.3 Å². The standard InChI is InChI=1S/C24H27BN3O/c1-4-14-24(2,3)22(23(29)28-26)27-25-19-13-11-17-9-8-15-6-5-7-16-10-12-18(19)21(17)20(15)16/h5-13,22,27H,4,14,26H2,1-3H3,(H,28,29). The van der Waals surface area contributed by atoms with Gasteiger partial charge in [0.1, 0.15) is 0 Å². The van der Waals surface area contributed by atoms with Gasteiger partial charge in [0.15, 0.2) is 0 Å². The molecule has 29 heavy (non-hydrogen) atoms. The highest BCUT2D eigenvalue weighted by molar-refractivity contribution is 6.56. The molecule has 5 heteroatoms. The summed E-state index contributed by atoms with van der Waals surface area (Å²) < 4.78 is 0. The molecule has 0 heterocycles. The molecule has 0 saturated heterocycles. The predicted molar refractivity (Wildman–Crippen MR) is 123 cm³/mol. The minimum Gasteiger partial charge on any atom is -0.345 e. The summed E-state index contributed by atoms with van der Waals surface area (Å²) in [6.07, 6.45) is 1.92. The van der Waals surface area contributed by atoms with Gasteiger partial charge in [-0.1, -0.05) is 87.3 Å². The van der Waals surface area contributed by atoms with Crippen LogP contribution in [0.5, 0.6) is 0 Å². The van der Waals surface area contributed by atoms with E-state index in [0.717, 1.165) is 18.3 Å². The molecule has 4 rings (SSSR count).